The number of hydrogen-bond acceptors (Lipinski definition) is 15. The summed E-state index contributed by atoms with van der Waals surface area (Å²) in [5, 5.41) is 14.6. The molecule has 0 aliphatic rings. The zero-order valence-electron chi connectivity index (χ0n) is 24.3. The van der Waals surface area contributed by atoms with E-state index >= 15 is 0 Å². The average molecular weight is 724 g/mol. The van der Waals surface area contributed by atoms with E-state index in [1.54, 1.807) is 24.5 Å². The van der Waals surface area contributed by atoms with Gasteiger partial charge in [-0.1, -0.05) is 30.3 Å². The third-order valence-corrected chi connectivity index (χ3v) is 4.63. The SMILES string of the molecule is CC#N.CC#N.[Fe+2].[O-][Cl+3]([O-])([O-])[O-].[O-][Cl+3]([O-])([O-])[O-].c1ccc(-c2cccc(-c3cccc(-c4cccc(-c5ccccn5)n4)n3)n2)nc1. The number of nitriles is 2. The maximum Gasteiger partial charge on any atom is 2.00 e. The van der Waals surface area contributed by atoms with Crippen molar-refractivity contribution >= 4 is 0 Å². The van der Waals surface area contributed by atoms with Crippen molar-refractivity contribution < 1.29 is 74.8 Å². The predicted molar refractivity (Wildman–Crippen MR) is 140 cm³/mol. The summed E-state index contributed by atoms with van der Waals surface area (Å²) < 4.78 is 67.9. The fourth-order valence-electron chi connectivity index (χ4n) is 3.19. The van der Waals surface area contributed by atoms with Crippen molar-refractivity contribution in [3.05, 3.63) is 103 Å². The van der Waals surface area contributed by atoms with Gasteiger partial charge in [-0.05, 0) is 60.7 Å². The van der Waals surface area contributed by atoms with E-state index in [2.05, 4.69) is 9.97 Å². The van der Waals surface area contributed by atoms with Crippen molar-refractivity contribution in [2.45, 2.75) is 13.8 Å². The molecule has 0 fully saturated rings. The van der Waals surface area contributed by atoms with Crippen LogP contribution in [0.1, 0.15) is 13.8 Å². The fraction of sp³-hybridized carbons (Fsp3) is 0.0690. The van der Waals surface area contributed by atoms with Crippen molar-refractivity contribution in [3.63, 3.8) is 0 Å². The molecule has 0 unspecified atom stereocenters. The van der Waals surface area contributed by atoms with E-state index in [1.807, 2.05) is 91.0 Å². The predicted octanol–water partition coefficient (Wildman–Crippen LogP) is -3.13. The summed E-state index contributed by atoms with van der Waals surface area (Å²) in [5.74, 6) is 0. The van der Waals surface area contributed by atoms with Gasteiger partial charge >= 0.3 is 17.1 Å². The molecule has 0 aliphatic carbocycles. The van der Waals surface area contributed by atoms with Crippen LogP contribution in [0.15, 0.2) is 103 Å². The summed E-state index contributed by atoms with van der Waals surface area (Å²) in [6.45, 7) is 2.86. The van der Waals surface area contributed by atoms with Gasteiger partial charge in [0.05, 0.1) is 57.7 Å². The van der Waals surface area contributed by atoms with Crippen LogP contribution in [-0.4, -0.2) is 24.9 Å². The van der Waals surface area contributed by atoms with E-state index in [9.17, 15) is 0 Å². The second-order valence-corrected chi connectivity index (χ2v) is 9.37. The van der Waals surface area contributed by atoms with Crippen LogP contribution in [0.5, 0.6) is 0 Å². The van der Waals surface area contributed by atoms with Crippen LogP contribution in [0, 0.1) is 43.1 Å². The molecule has 0 atom stereocenters. The van der Waals surface area contributed by atoms with Gasteiger partial charge in [-0.15, -0.1) is 20.5 Å². The minimum absolute atomic E-state index is 0. The minimum atomic E-state index is -4.94. The quantitative estimate of drug-likeness (QED) is 0.166. The molecule has 5 rings (SSSR count). The molecule has 0 saturated heterocycles. The molecular weight excluding hydrogens is 701 g/mol. The number of hydrogen-bond donors (Lipinski definition) is 0. The third-order valence-electron chi connectivity index (χ3n) is 4.63. The van der Waals surface area contributed by atoms with Crippen LogP contribution in [0.4, 0.5) is 0 Å². The number of rotatable bonds is 4. The maximum absolute atomic E-state index is 8.49. The zero-order valence-corrected chi connectivity index (χ0v) is 26.9. The first-order chi connectivity index (χ1) is 21.7. The Bertz CT molecular complexity index is 1570. The standard InChI is InChI=1S/C25H17N5.2C2H3N.2ClHO4.Fe/c1-3-16-26-18(8-1)20-10-5-12-22(28-20)24-14-7-15-25(30-24)23-13-6-11-21(29-23)19-9-2-4-17-27-19;2*1-2-3;2*2-1(3,4)5;/h1-17H;2*1H3;2*(H,2,3,4,5);/q;;;;;+2/p-2. The molecule has 5 aromatic rings. The molecule has 0 radical (unpaired) electrons. The summed E-state index contributed by atoms with van der Waals surface area (Å²) in [7, 11) is -9.89. The number of pyridine rings is 5. The van der Waals surface area contributed by atoms with Crippen molar-refractivity contribution in [2.24, 2.45) is 0 Å². The van der Waals surface area contributed by atoms with Crippen molar-refractivity contribution in [3.8, 4) is 57.7 Å². The fourth-order valence-corrected chi connectivity index (χ4v) is 3.19. The molecule has 5 heterocycles. The molecule has 15 nitrogen and oxygen atoms in total. The molecule has 47 heavy (non-hydrogen) atoms. The first-order valence-corrected chi connectivity index (χ1v) is 14.8. The van der Waals surface area contributed by atoms with Gasteiger partial charge in [0.25, 0.3) is 0 Å². The molecule has 18 heteroatoms. The molecule has 0 amide bonds. The summed E-state index contributed by atoms with van der Waals surface area (Å²) in [5.41, 5.74) is 6.46. The van der Waals surface area contributed by atoms with E-state index in [0.29, 0.717) is 0 Å². The second kappa shape index (κ2) is 22.1. The van der Waals surface area contributed by atoms with Gasteiger partial charge in [-0.3, -0.25) is 9.97 Å². The first-order valence-electron chi connectivity index (χ1n) is 12.3. The van der Waals surface area contributed by atoms with Gasteiger partial charge in [-0.2, -0.15) is 10.5 Å². The molecule has 0 aliphatic heterocycles. The van der Waals surface area contributed by atoms with Crippen LogP contribution in [0.3, 0.4) is 0 Å². The van der Waals surface area contributed by atoms with Gasteiger partial charge in [0.2, 0.25) is 0 Å². The molecule has 244 valence electrons. The largest absolute Gasteiger partial charge is 2.00 e. The van der Waals surface area contributed by atoms with E-state index in [4.69, 9.17) is 62.7 Å². The van der Waals surface area contributed by atoms with Gasteiger partial charge in [0, 0.05) is 26.2 Å². The van der Waals surface area contributed by atoms with Crippen LogP contribution < -0.4 is 37.3 Å². The van der Waals surface area contributed by atoms with Crippen molar-refractivity contribution in [2.75, 3.05) is 0 Å². The zero-order chi connectivity index (χ0) is 34.6. The van der Waals surface area contributed by atoms with Gasteiger partial charge < -0.3 is 0 Å². The molecule has 5 aromatic heterocycles. The van der Waals surface area contributed by atoms with Crippen LogP contribution in [-0.2, 0) is 17.1 Å². The third kappa shape index (κ3) is 19.6. The normalized spacial score (nSPS) is 9.70. The Morgan fingerprint density at radius 3 is 0.809 bits per heavy atom. The summed E-state index contributed by atoms with van der Waals surface area (Å²) in [4.78, 5) is 23.1. The Morgan fingerprint density at radius 1 is 0.426 bits per heavy atom. The topological polar surface area (TPSA) is 297 Å². The van der Waals surface area contributed by atoms with Gasteiger partial charge in [0.15, 0.2) is 0 Å². The minimum Gasteiger partial charge on any atom is -0.255 e. The summed E-state index contributed by atoms with van der Waals surface area (Å²) in [6.07, 6.45) is 3.53. The molecular formula is C29H23Cl2FeN7O8. The van der Waals surface area contributed by atoms with E-state index in [0.717, 1.165) is 45.6 Å². The monoisotopic (exact) mass is 723 g/mol. The van der Waals surface area contributed by atoms with Crippen molar-refractivity contribution in [1.82, 2.24) is 24.9 Å². The second-order valence-electron chi connectivity index (χ2n) is 7.86. The first kappa shape index (κ1) is 42.5. The number of aromatic nitrogens is 5. The number of halogens is 2. The van der Waals surface area contributed by atoms with Crippen molar-refractivity contribution in [1.29, 1.82) is 10.5 Å². The Kier molecular flexibility index (Phi) is 20.0. The van der Waals surface area contributed by atoms with Crippen LogP contribution >= 0.6 is 0 Å². The Hall–Kier alpha value is -4.49. The van der Waals surface area contributed by atoms with E-state index in [1.165, 1.54) is 13.8 Å². The van der Waals surface area contributed by atoms with E-state index < -0.39 is 20.5 Å². The smallest absolute Gasteiger partial charge is 0.255 e. The van der Waals surface area contributed by atoms with Crippen LogP contribution in [0.2, 0.25) is 0 Å². The summed E-state index contributed by atoms with van der Waals surface area (Å²) in [6, 6.07) is 32.7. The van der Waals surface area contributed by atoms with Gasteiger partial charge in [-0.25, -0.2) is 52.2 Å². The Labute approximate surface area is 284 Å². The molecule has 0 N–H and O–H groups in total. The van der Waals surface area contributed by atoms with Gasteiger partial charge in [0.1, 0.15) is 0 Å². The average Bonchev–Trinajstić information content (AvgIpc) is 3.01. The van der Waals surface area contributed by atoms with E-state index in [-0.39, 0.29) is 17.1 Å². The molecule has 0 bridgehead atoms. The molecule has 0 aromatic carbocycles. The maximum atomic E-state index is 8.49. The molecule has 0 spiro atoms. The summed E-state index contributed by atoms with van der Waals surface area (Å²) >= 11 is 0. The number of nitrogens with zero attached hydrogens (tertiary/aromatic N) is 7. The van der Waals surface area contributed by atoms with Crippen LogP contribution in [0.25, 0.3) is 45.6 Å². The Morgan fingerprint density at radius 2 is 0.617 bits per heavy atom. The molecule has 0 saturated carbocycles. The Balaban J connectivity index is 0.00000105.